The maximum Gasteiger partial charge on any atom is 0.236 e. The van der Waals surface area contributed by atoms with Crippen molar-refractivity contribution in [2.45, 2.75) is 45.7 Å². The normalized spacial score (nSPS) is 14.0. The Morgan fingerprint density at radius 3 is 2.75 bits per heavy atom. The molecule has 2 unspecified atom stereocenters. The minimum Gasteiger partial charge on any atom is -0.385 e. The number of ether oxygens (including phenoxy) is 1. The first-order chi connectivity index (χ1) is 9.52. The second kappa shape index (κ2) is 9.10. The van der Waals surface area contributed by atoms with Gasteiger partial charge in [0.2, 0.25) is 5.91 Å². The quantitative estimate of drug-likeness (QED) is 0.687. The van der Waals surface area contributed by atoms with E-state index in [-0.39, 0.29) is 18.0 Å². The molecule has 0 aromatic carbocycles. The Bertz CT molecular complexity index is 406. The van der Waals surface area contributed by atoms with Crippen LogP contribution in [-0.2, 0) is 16.0 Å². The van der Waals surface area contributed by atoms with Gasteiger partial charge in [0.1, 0.15) is 0 Å². The van der Waals surface area contributed by atoms with Crippen LogP contribution in [0.15, 0.2) is 12.1 Å². The molecule has 1 aromatic rings. The fourth-order valence-electron chi connectivity index (χ4n) is 2.04. The van der Waals surface area contributed by atoms with Gasteiger partial charge in [-0.25, -0.2) is 0 Å². The highest BCUT2D eigenvalue weighted by atomic mass is 32.1. The van der Waals surface area contributed by atoms with Crippen LogP contribution in [0.5, 0.6) is 0 Å². The Kier molecular flexibility index (Phi) is 7.80. The number of hydrogen-bond acceptors (Lipinski definition) is 4. The van der Waals surface area contributed by atoms with E-state index in [1.165, 1.54) is 9.75 Å². The zero-order valence-corrected chi connectivity index (χ0v) is 13.7. The SMILES string of the molecule is COCCCNC(=O)C(C)NC(C)Cc1ccc(C)s1. The third-order valence-corrected chi connectivity index (χ3v) is 4.08. The number of aryl methyl sites for hydroxylation is 1. The van der Waals surface area contributed by atoms with E-state index < -0.39 is 0 Å². The molecule has 1 heterocycles. The van der Waals surface area contributed by atoms with Gasteiger partial charge in [-0.3, -0.25) is 4.79 Å². The summed E-state index contributed by atoms with van der Waals surface area (Å²) in [6.07, 6.45) is 1.80. The molecule has 4 nitrogen and oxygen atoms in total. The van der Waals surface area contributed by atoms with Crippen molar-refractivity contribution in [2.24, 2.45) is 0 Å². The van der Waals surface area contributed by atoms with Gasteiger partial charge >= 0.3 is 0 Å². The second-order valence-electron chi connectivity index (χ2n) is 5.14. The molecule has 20 heavy (non-hydrogen) atoms. The summed E-state index contributed by atoms with van der Waals surface area (Å²) in [6.45, 7) is 7.47. The standard InChI is InChI=1S/C15H26N2O2S/c1-11(10-14-7-6-12(2)20-14)17-13(3)15(18)16-8-5-9-19-4/h6-7,11,13,17H,5,8-10H2,1-4H3,(H,16,18). The van der Waals surface area contributed by atoms with Crippen molar-refractivity contribution in [3.63, 3.8) is 0 Å². The summed E-state index contributed by atoms with van der Waals surface area (Å²) in [6, 6.07) is 4.41. The lowest BCUT2D eigenvalue weighted by atomic mass is 10.1. The highest BCUT2D eigenvalue weighted by Gasteiger charge is 2.15. The van der Waals surface area contributed by atoms with E-state index in [1.54, 1.807) is 7.11 Å². The van der Waals surface area contributed by atoms with Crippen LogP contribution in [0.3, 0.4) is 0 Å². The highest BCUT2D eigenvalue weighted by molar-refractivity contribution is 7.11. The van der Waals surface area contributed by atoms with Crippen LogP contribution in [0.4, 0.5) is 0 Å². The first-order valence-corrected chi connectivity index (χ1v) is 7.92. The Morgan fingerprint density at radius 2 is 2.15 bits per heavy atom. The third-order valence-electron chi connectivity index (χ3n) is 3.06. The first kappa shape index (κ1) is 17.1. The molecule has 0 aliphatic carbocycles. The molecule has 0 aliphatic heterocycles. The van der Waals surface area contributed by atoms with E-state index in [9.17, 15) is 4.79 Å². The lowest BCUT2D eigenvalue weighted by Crippen LogP contribution is -2.46. The number of carbonyl (C=O) groups excluding carboxylic acids is 1. The van der Waals surface area contributed by atoms with Gasteiger partial charge in [0.05, 0.1) is 6.04 Å². The zero-order valence-electron chi connectivity index (χ0n) is 12.9. The Morgan fingerprint density at radius 1 is 1.40 bits per heavy atom. The lowest BCUT2D eigenvalue weighted by Gasteiger charge is -2.19. The molecule has 1 rings (SSSR count). The van der Waals surface area contributed by atoms with Crippen molar-refractivity contribution in [1.29, 1.82) is 0 Å². The van der Waals surface area contributed by atoms with E-state index in [2.05, 4.69) is 36.6 Å². The molecule has 0 saturated heterocycles. The highest BCUT2D eigenvalue weighted by Crippen LogP contribution is 2.16. The molecule has 0 spiro atoms. The fraction of sp³-hybridized carbons (Fsp3) is 0.667. The summed E-state index contributed by atoms with van der Waals surface area (Å²) in [5, 5.41) is 6.25. The largest absolute Gasteiger partial charge is 0.385 e. The summed E-state index contributed by atoms with van der Waals surface area (Å²) in [5.41, 5.74) is 0. The smallest absolute Gasteiger partial charge is 0.236 e. The lowest BCUT2D eigenvalue weighted by molar-refractivity contribution is -0.122. The molecule has 5 heteroatoms. The number of nitrogens with one attached hydrogen (secondary N) is 2. The van der Waals surface area contributed by atoms with Gasteiger partial charge in [0.15, 0.2) is 0 Å². The minimum absolute atomic E-state index is 0.0512. The minimum atomic E-state index is -0.173. The number of carbonyl (C=O) groups is 1. The Hall–Kier alpha value is -0.910. The van der Waals surface area contributed by atoms with Gasteiger partial charge in [0, 0.05) is 36.1 Å². The number of thiophene rings is 1. The van der Waals surface area contributed by atoms with Crippen molar-refractivity contribution in [1.82, 2.24) is 10.6 Å². The van der Waals surface area contributed by atoms with Crippen LogP contribution in [-0.4, -0.2) is 38.3 Å². The van der Waals surface area contributed by atoms with Crippen LogP contribution in [0.1, 0.15) is 30.0 Å². The molecule has 0 radical (unpaired) electrons. The van der Waals surface area contributed by atoms with Gasteiger partial charge in [0.25, 0.3) is 0 Å². The molecule has 0 bridgehead atoms. The molecule has 0 aliphatic rings. The predicted molar refractivity (Wildman–Crippen MR) is 84.3 cm³/mol. The molecule has 0 saturated carbocycles. The van der Waals surface area contributed by atoms with E-state index in [4.69, 9.17) is 4.74 Å². The van der Waals surface area contributed by atoms with E-state index in [1.807, 2.05) is 18.3 Å². The molecular weight excluding hydrogens is 272 g/mol. The van der Waals surface area contributed by atoms with Gasteiger partial charge in [-0.15, -0.1) is 11.3 Å². The number of hydrogen-bond donors (Lipinski definition) is 2. The number of methoxy groups -OCH3 is 1. The zero-order chi connectivity index (χ0) is 15.0. The summed E-state index contributed by atoms with van der Waals surface area (Å²) >= 11 is 1.82. The van der Waals surface area contributed by atoms with Crippen molar-refractivity contribution < 1.29 is 9.53 Å². The van der Waals surface area contributed by atoms with Crippen LogP contribution in [0, 0.1) is 6.92 Å². The molecule has 2 N–H and O–H groups in total. The molecule has 1 aromatic heterocycles. The summed E-state index contributed by atoms with van der Waals surface area (Å²) in [5.74, 6) is 0.0512. The average Bonchev–Trinajstić information content (AvgIpc) is 2.79. The molecule has 1 amide bonds. The average molecular weight is 298 g/mol. The van der Waals surface area contributed by atoms with E-state index in [0.29, 0.717) is 13.2 Å². The maximum absolute atomic E-state index is 11.9. The van der Waals surface area contributed by atoms with Crippen LogP contribution in [0.25, 0.3) is 0 Å². The third kappa shape index (κ3) is 6.50. The molecular formula is C15H26N2O2S. The summed E-state index contributed by atoms with van der Waals surface area (Å²) < 4.78 is 4.95. The van der Waals surface area contributed by atoms with E-state index in [0.717, 1.165) is 12.8 Å². The molecule has 2 atom stereocenters. The van der Waals surface area contributed by atoms with Gasteiger partial charge < -0.3 is 15.4 Å². The Balaban J connectivity index is 2.26. The predicted octanol–water partition coefficient (Wildman–Crippen LogP) is 2.12. The van der Waals surface area contributed by atoms with Crippen LogP contribution >= 0.6 is 11.3 Å². The van der Waals surface area contributed by atoms with Gasteiger partial charge in [-0.1, -0.05) is 0 Å². The topological polar surface area (TPSA) is 50.4 Å². The summed E-state index contributed by atoms with van der Waals surface area (Å²) in [4.78, 5) is 14.6. The van der Waals surface area contributed by atoms with Crippen molar-refractivity contribution in [2.75, 3.05) is 20.3 Å². The Labute approximate surface area is 125 Å². The van der Waals surface area contributed by atoms with Crippen LogP contribution < -0.4 is 10.6 Å². The fourth-order valence-corrected chi connectivity index (χ4v) is 3.06. The summed E-state index contributed by atoms with van der Waals surface area (Å²) in [7, 11) is 1.67. The number of rotatable bonds is 9. The number of amides is 1. The monoisotopic (exact) mass is 298 g/mol. The van der Waals surface area contributed by atoms with Crippen molar-refractivity contribution in [3.8, 4) is 0 Å². The van der Waals surface area contributed by atoms with Gasteiger partial charge in [-0.05, 0) is 45.7 Å². The van der Waals surface area contributed by atoms with Crippen molar-refractivity contribution >= 4 is 17.2 Å². The van der Waals surface area contributed by atoms with Crippen LogP contribution in [0.2, 0.25) is 0 Å². The molecule has 0 fully saturated rings. The molecule has 114 valence electrons. The van der Waals surface area contributed by atoms with Crippen molar-refractivity contribution in [3.05, 3.63) is 21.9 Å². The van der Waals surface area contributed by atoms with E-state index >= 15 is 0 Å². The first-order valence-electron chi connectivity index (χ1n) is 7.11. The van der Waals surface area contributed by atoms with Gasteiger partial charge in [-0.2, -0.15) is 0 Å². The second-order valence-corrected chi connectivity index (χ2v) is 6.52. The maximum atomic E-state index is 11.9.